The molecule has 0 atom stereocenters. The van der Waals surface area contributed by atoms with Gasteiger partial charge in [0.25, 0.3) is 5.91 Å². The van der Waals surface area contributed by atoms with Gasteiger partial charge in [-0.1, -0.05) is 18.2 Å². The summed E-state index contributed by atoms with van der Waals surface area (Å²) in [6.45, 7) is 1.70. The lowest BCUT2D eigenvalue weighted by Crippen LogP contribution is -2.55. The molecule has 1 aromatic heterocycles. The van der Waals surface area contributed by atoms with Gasteiger partial charge < -0.3 is 20.3 Å². The van der Waals surface area contributed by atoms with Crippen LogP contribution in [0.25, 0.3) is 10.8 Å². The van der Waals surface area contributed by atoms with Crippen molar-refractivity contribution in [3.8, 4) is 17.2 Å². The number of carbonyl (C=O) groups is 2. The lowest BCUT2D eigenvalue weighted by Gasteiger charge is -2.21. The van der Waals surface area contributed by atoms with E-state index in [1.807, 2.05) is 30.3 Å². The number of carboxylic acids is 1. The van der Waals surface area contributed by atoms with Crippen LogP contribution in [0.5, 0.6) is 17.2 Å². The monoisotopic (exact) mass is 376 g/mol. The molecule has 0 saturated heterocycles. The molecule has 9 heteroatoms. The predicted octanol–water partition coefficient (Wildman–Crippen LogP) is 0.776. The molecule has 0 aliphatic carbocycles. The zero-order chi connectivity index (χ0) is 20.5. The summed E-state index contributed by atoms with van der Waals surface area (Å²) in [4.78, 5) is 27.9. The Morgan fingerprint density at radius 1 is 1.07 bits per heavy atom. The Morgan fingerprint density at radius 3 is 2.39 bits per heavy atom. The van der Waals surface area contributed by atoms with Crippen LogP contribution in [0.1, 0.15) is 16.2 Å². The van der Waals surface area contributed by atoms with E-state index in [1.54, 1.807) is 25.1 Å². The molecule has 3 N–H and O–H groups in total. The number of amides is 1. The van der Waals surface area contributed by atoms with Gasteiger partial charge in [0.1, 0.15) is 27.2 Å². The third-order valence-corrected chi connectivity index (χ3v) is 4.29. The summed E-state index contributed by atoms with van der Waals surface area (Å²) in [5.74, 6) is -1.04. The van der Waals surface area contributed by atoms with Gasteiger partial charge in [0.2, 0.25) is 0 Å². The molecule has 1 heterocycles. The van der Waals surface area contributed by atoms with E-state index in [4.69, 9.17) is 4.74 Å². The number of ether oxygens (including phenoxy) is 1. The summed E-state index contributed by atoms with van der Waals surface area (Å²) in [6.07, 6.45) is 0. The molecule has 0 spiro atoms. The van der Waals surface area contributed by atoms with Crippen LogP contribution in [0.4, 0.5) is 0 Å². The maximum absolute atomic E-state index is 12.5. The fourth-order valence-corrected chi connectivity index (χ4v) is 2.68. The Labute approximate surface area is 163 Å². The molecule has 0 fully saturated rings. The number of nitrogens with one attached hydrogen (secondary N) is 1. The minimum Gasteiger partial charge on any atom is -0.505 e. The van der Waals surface area contributed by atoms with Gasteiger partial charge in [0.15, 0.2) is 11.4 Å². The van der Waals surface area contributed by atoms with E-state index in [9.17, 15) is 19.8 Å². The van der Waals surface area contributed by atoms with Crippen molar-refractivity contribution in [2.45, 2.75) is 12.3 Å². The maximum Gasteiger partial charge on any atom is 0.311 e. The first-order valence-corrected chi connectivity index (χ1v) is 8.61. The average molecular weight is 376 g/mol. The van der Waals surface area contributed by atoms with Crippen molar-refractivity contribution in [2.24, 2.45) is 0 Å². The van der Waals surface area contributed by atoms with Crippen LogP contribution in [-0.4, -0.2) is 48.1 Å². The van der Waals surface area contributed by atoms with Crippen LogP contribution < -0.4 is 10.1 Å². The van der Waals surface area contributed by atoms with E-state index in [0.717, 1.165) is 0 Å². The van der Waals surface area contributed by atoms with Gasteiger partial charge in [-0.25, -0.2) is 4.98 Å². The van der Waals surface area contributed by atoms with Crippen molar-refractivity contribution < 1.29 is 24.5 Å². The largest absolute Gasteiger partial charge is 0.505 e. The number of aryl methyl sites for hydroxylation is 1. The van der Waals surface area contributed by atoms with E-state index < -0.39 is 17.2 Å². The van der Waals surface area contributed by atoms with Gasteiger partial charge in [-0.3, -0.25) is 9.59 Å². The minimum absolute atomic E-state index is 0.226. The molecule has 7 nitrogen and oxygen atoms in total. The number of aromatic hydroxyl groups is 1. The number of pyridine rings is 1. The molecule has 0 aliphatic heterocycles. The van der Waals surface area contributed by atoms with Crippen molar-refractivity contribution >= 4 is 38.3 Å². The number of rotatable bonds is 5. The molecule has 0 unspecified atom stereocenters. The van der Waals surface area contributed by atoms with E-state index in [1.165, 1.54) is 15.7 Å². The Balaban J connectivity index is 1.98. The van der Waals surface area contributed by atoms with Gasteiger partial charge in [-0.15, -0.1) is 0 Å². The molecule has 0 bridgehead atoms. The second-order valence-corrected chi connectivity index (χ2v) is 6.90. The molecule has 0 saturated carbocycles. The normalized spacial score (nSPS) is 11.2. The van der Waals surface area contributed by atoms with Crippen molar-refractivity contribution in [1.29, 1.82) is 0 Å². The summed E-state index contributed by atoms with van der Waals surface area (Å²) in [5.41, 5.74) is 0.278. The third kappa shape index (κ3) is 3.78. The van der Waals surface area contributed by atoms with Crippen LogP contribution >= 0.6 is 0 Å². The standard InChI is InChI=1S/C19H18B2N2O5/c1-10-14-9-12(28-11-5-3-2-4-6-11)7-8-13(14)16(24)15(22-10)17(25)23-19(20,21)18(26)27/h2-9,24H,20-21H2,1H3,(H,23,25)(H,26,27). The number of para-hydroxylation sites is 1. The van der Waals surface area contributed by atoms with Gasteiger partial charge in [-0.05, 0) is 37.3 Å². The highest BCUT2D eigenvalue weighted by Gasteiger charge is 2.31. The average Bonchev–Trinajstić information content (AvgIpc) is 2.65. The molecular weight excluding hydrogens is 358 g/mol. The number of hydrogen-bond donors (Lipinski definition) is 3. The number of hydrogen-bond acceptors (Lipinski definition) is 5. The zero-order valence-corrected chi connectivity index (χ0v) is 15.7. The van der Waals surface area contributed by atoms with E-state index in [0.29, 0.717) is 28.0 Å². The fourth-order valence-electron chi connectivity index (χ4n) is 2.68. The lowest BCUT2D eigenvalue weighted by molar-refractivity contribution is -0.138. The van der Waals surface area contributed by atoms with Crippen LogP contribution in [0.15, 0.2) is 48.5 Å². The quantitative estimate of drug-likeness (QED) is 0.568. The van der Waals surface area contributed by atoms with Crippen molar-refractivity contribution in [1.82, 2.24) is 10.3 Å². The van der Waals surface area contributed by atoms with Gasteiger partial charge >= 0.3 is 5.97 Å². The summed E-state index contributed by atoms with van der Waals surface area (Å²) < 4.78 is 5.80. The number of carbonyl (C=O) groups excluding carboxylic acids is 1. The number of carboxylic acid groups (broad SMARTS) is 1. The summed E-state index contributed by atoms with van der Waals surface area (Å²) in [7, 11) is 2.71. The fraction of sp³-hybridized carbons (Fsp3) is 0.105. The van der Waals surface area contributed by atoms with Gasteiger partial charge in [0.05, 0.1) is 5.34 Å². The van der Waals surface area contributed by atoms with E-state index >= 15 is 0 Å². The SMILES string of the molecule is BC(B)(NC(=O)c1nc(C)c2cc(Oc3ccccc3)ccc2c1O)C(=O)O. The highest BCUT2D eigenvalue weighted by Crippen LogP contribution is 2.33. The lowest BCUT2D eigenvalue weighted by atomic mass is 9.62. The second kappa shape index (κ2) is 7.26. The molecule has 0 aliphatic rings. The number of fused-ring (bicyclic) bond motifs is 1. The van der Waals surface area contributed by atoms with Gasteiger partial charge in [-0.2, -0.15) is 0 Å². The summed E-state index contributed by atoms with van der Waals surface area (Å²) in [5, 5.41) is 21.6. The smallest absolute Gasteiger partial charge is 0.311 e. The number of nitrogens with zero attached hydrogens (tertiary/aromatic N) is 1. The Kier molecular flexibility index (Phi) is 5.00. The number of benzene rings is 2. The molecule has 3 rings (SSSR count). The maximum atomic E-state index is 12.5. The Bertz CT molecular complexity index is 1070. The molecule has 2 aromatic carbocycles. The zero-order valence-electron chi connectivity index (χ0n) is 15.7. The van der Waals surface area contributed by atoms with Crippen molar-refractivity contribution in [3.63, 3.8) is 0 Å². The third-order valence-electron chi connectivity index (χ3n) is 4.29. The van der Waals surface area contributed by atoms with E-state index in [2.05, 4.69) is 10.3 Å². The summed E-state index contributed by atoms with van der Waals surface area (Å²) in [6, 6.07) is 14.3. The van der Waals surface area contributed by atoms with Crippen LogP contribution in [0.3, 0.4) is 0 Å². The first-order valence-electron chi connectivity index (χ1n) is 8.61. The molecule has 28 heavy (non-hydrogen) atoms. The topological polar surface area (TPSA) is 109 Å². The second-order valence-electron chi connectivity index (χ2n) is 6.90. The van der Waals surface area contributed by atoms with Crippen LogP contribution in [0, 0.1) is 6.92 Å². The number of aromatic nitrogens is 1. The van der Waals surface area contributed by atoms with Crippen molar-refractivity contribution in [2.75, 3.05) is 0 Å². The van der Waals surface area contributed by atoms with Crippen LogP contribution in [0.2, 0.25) is 0 Å². The molecule has 140 valence electrons. The number of aliphatic carboxylic acids is 1. The van der Waals surface area contributed by atoms with Crippen LogP contribution in [-0.2, 0) is 4.79 Å². The van der Waals surface area contributed by atoms with Crippen molar-refractivity contribution in [3.05, 3.63) is 59.9 Å². The summed E-state index contributed by atoms with van der Waals surface area (Å²) >= 11 is 0. The molecular formula is C19H18B2N2O5. The first kappa shape index (κ1) is 19.3. The molecule has 1 amide bonds. The van der Waals surface area contributed by atoms with E-state index in [-0.39, 0.29) is 11.4 Å². The Hall–Kier alpha value is -3.48. The highest BCUT2D eigenvalue weighted by molar-refractivity contribution is 6.51. The molecule has 3 aromatic rings. The molecule has 0 radical (unpaired) electrons. The highest BCUT2D eigenvalue weighted by atomic mass is 16.5. The minimum atomic E-state index is -1.50. The van der Waals surface area contributed by atoms with Gasteiger partial charge in [0, 0.05) is 16.5 Å². The predicted molar refractivity (Wildman–Crippen MR) is 110 cm³/mol. The first-order chi connectivity index (χ1) is 13.2. The Morgan fingerprint density at radius 2 is 1.75 bits per heavy atom.